The summed E-state index contributed by atoms with van der Waals surface area (Å²) in [6.45, 7) is 5.33. The molecule has 0 radical (unpaired) electrons. The topological polar surface area (TPSA) is 94.1 Å². The van der Waals surface area contributed by atoms with E-state index in [9.17, 15) is 14.3 Å². The molecular formula is C42H80NO7P. The molecule has 9 heteroatoms. The van der Waals surface area contributed by atoms with E-state index in [0.717, 1.165) is 57.8 Å². The molecule has 0 N–H and O–H groups in total. The Morgan fingerprint density at radius 2 is 1.08 bits per heavy atom. The molecule has 0 spiro atoms. The smallest absolute Gasteiger partial charge is 0.306 e. The summed E-state index contributed by atoms with van der Waals surface area (Å²) in [6, 6.07) is 0. The van der Waals surface area contributed by atoms with Crippen molar-refractivity contribution in [2.24, 2.45) is 0 Å². The molecule has 0 bridgehead atoms. The fraction of sp³-hybridized carbons (Fsp3) is 0.833. The van der Waals surface area contributed by atoms with Crippen molar-refractivity contribution in [3.05, 3.63) is 36.5 Å². The van der Waals surface area contributed by atoms with Gasteiger partial charge in [-0.1, -0.05) is 127 Å². The van der Waals surface area contributed by atoms with Gasteiger partial charge in [0.15, 0.2) is 0 Å². The monoisotopic (exact) mass is 742 g/mol. The normalized spacial score (nSPS) is 14.2. The maximum Gasteiger partial charge on any atom is 0.306 e. The lowest BCUT2D eigenvalue weighted by atomic mass is 10.1. The van der Waals surface area contributed by atoms with E-state index in [1.807, 2.05) is 21.1 Å². The molecule has 300 valence electrons. The molecular weight excluding hydrogens is 661 g/mol. The number of hydrogen-bond donors (Lipinski definition) is 0. The third-order valence-electron chi connectivity index (χ3n) is 8.66. The van der Waals surface area contributed by atoms with Gasteiger partial charge in [0.2, 0.25) is 0 Å². The lowest BCUT2D eigenvalue weighted by molar-refractivity contribution is -0.870. The van der Waals surface area contributed by atoms with Crippen molar-refractivity contribution >= 4 is 13.8 Å². The third kappa shape index (κ3) is 39.8. The summed E-state index contributed by atoms with van der Waals surface area (Å²) in [7, 11) is 1.34. The Hall–Kier alpha value is -1.28. The molecule has 0 aliphatic heterocycles. The summed E-state index contributed by atoms with van der Waals surface area (Å²) in [5.41, 5.74) is 0. The third-order valence-corrected chi connectivity index (χ3v) is 9.63. The van der Waals surface area contributed by atoms with E-state index in [1.54, 1.807) is 0 Å². The summed E-state index contributed by atoms with van der Waals surface area (Å²) in [5.74, 6) is -0.351. The van der Waals surface area contributed by atoms with Gasteiger partial charge in [-0.15, -0.1) is 0 Å². The number of phosphoric ester groups is 1. The van der Waals surface area contributed by atoms with Gasteiger partial charge in [-0.3, -0.25) is 9.36 Å². The van der Waals surface area contributed by atoms with Crippen LogP contribution in [-0.4, -0.2) is 70.7 Å². The Kier molecular flexibility index (Phi) is 34.8. The van der Waals surface area contributed by atoms with E-state index in [4.69, 9.17) is 18.5 Å². The van der Waals surface area contributed by atoms with Crippen molar-refractivity contribution in [1.29, 1.82) is 0 Å². The van der Waals surface area contributed by atoms with Crippen molar-refractivity contribution in [2.45, 2.75) is 174 Å². The number of allylic oxidation sites excluding steroid dienone is 6. The summed E-state index contributed by atoms with van der Waals surface area (Å²) >= 11 is 0. The van der Waals surface area contributed by atoms with E-state index in [-0.39, 0.29) is 25.8 Å². The molecule has 0 aromatic rings. The quantitative estimate of drug-likeness (QED) is 0.0204. The molecule has 8 nitrogen and oxygen atoms in total. The standard InChI is InChI=1S/C42H80NO7P/c1-6-8-10-12-14-16-18-20-22-23-25-27-29-31-33-35-42(44)50-41(40-49-51(45,46)48-38-36-43(3,4)5)39-47-37-34-32-30-28-26-24-21-19-17-15-13-11-9-7-2/h14,16-17,19-20,22,41H,6-13,15,18,21,23-40H2,1-5H3/b16-14-,19-17-,22-20-. The Morgan fingerprint density at radius 1 is 0.608 bits per heavy atom. The van der Waals surface area contributed by atoms with Crippen LogP contribution < -0.4 is 4.89 Å². The first kappa shape index (κ1) is 49.7. The van der Waals surface area contributed by atoms with Gasteiger partial charge < -0.3 is 27.9 Å². The Labute approximate surface area is 315 Å². The zero-order chi connectivity index (χ0) is 37.7. The summed E-state index contributed by atoms with van der Waals surface area (Å²) < 4.78 is 34.5. The van der Waals surface area contributed by atoms with Gasteiger partial charge in [0.1, 0.15) is 19.3 Å². The lowest BCUT2D eigenvalue weighted by Crippen LogP contribution is -2.37. The van der Waals surface area contributed by atoms with Gasteiger partial charge in [0.05, 0.1) is 34.4 Å². The molecule has 0 rings (SSSR count). The summed E-state index contributed by atoms with van der Waals surface area (Å²) in [5, 5.41) is 0. The zero-order valence-corrected chi connectivity index (χ0v) is 34.7. The molecule has 0 saturated carbocycles. The van der Waals surface area contributed by atoms with Crippen molar-refractivity contribution in [3.8, 4) is 0 Å². The molecule has 2 unspecified atom stereocenters. The van der Waals surface area contributed by atoms with Crippen LogP contribution in [0.25, 0.3) is 0 Å². The van der Waals surface area contributed by atoms with E-state index >= 15 is 0 Å². The highest BCUT2D eigenvalue weighted by molar-refractivity contribution is 7.45. The van der Waals surface area contributed by atoms with Crippen molar-refractivity contribution in [1.82, 2.24) is 0 Å². The number of unbranched alkanes of at least 4 members (excludes halogenated alkanes) is 18. The minimum atomic E-state index is -4.52. The molecule has 51 heavy (non-hydrogen) atoms. The van der Waals surface area contributed by atoms with Crippen LogP contribution in [0.15, 0.2) is 36.5 Å². The van der Waals surface area contributed by atoms with E-state index in [0.29, 0.717) is 24.1 Å². The second-order valence-electron chi connectivity index (χ2n) is 15.0. The maximum atomic E-state index is 12.6. The minimum absolute atomic E-state index is 0.0217. The number of hydrogen-bond acceptors (Lipinski definition) is 7. The molecule has 0 heterocycles. The van der Waals surface area contributed by atoms with Gasteiger partial charge in [0, 0.05) is 13.0 Å². The van der Waals surface area contributed by atoms with Crippen LogP contribution in [0.3, 0.4) is 0 Å². The number of carbonyl (C=O) groups excluding carboxylic acids is 1. The summed E-state index contributed by atoms with van der Waals surface area (Å²) in [6.07, 6.45) is 40.0. The first-order valence-electron chi connectivity index (χ1n) is 20.7. The lowest BCUT2D eigenvalue weighted by Gasteiger charge is -2.28. The van der Waals surface area contributed by atoms with Gasteiger partial charge in [-0.2, -0.15) is 0 Å². The Balaban J connectivity index is 4.31. The highest BCUT2D eigenvalue weighted by Crippen LogP contribution is 2.38. The van der Waals surface area contributed by atoms with Gasteiger partial charge in [-0.05, 0) is 70.6 Å². The molecule has 0 aliphatic carbocycles. The minimum Gasteiger partial charge on any atom is -0.756 e. The first-order chi connectivity index (χ1) is 24.6. The van der Waals surface area contributed by atoms with Crippen LogP contribution in [0, 0.1) is 0 Å². The molecule has 0 aliphatic rings. The fourth-order valence-electron chi connectivity index (χ4n) is 5.39. The molecule has 0 saturated heterocycles. The van der Waals surface area contributed by atoms with Gasteiger partial charge in [-0.25, -0.2) is 0 Å². The molecule has 0 fully saturated rings. The van der Waals surface area contributed by atoms with Crippen LogP contribution in [-0.2, 0) is 27.9 Å². The second kappa shape index (κ2) is 35.7. The number of carbonyl (C=O) groups is 1. The maximum absolute atomic E-state index is 12.6. The molecule has 0 aromatic heterocycles. The van der Waals surface area contributed by atoms with Crippen LogP contribution in [0.2, 0.25) is 0 Å². The van der Waals surface area contributed by atoms with E-state index in [2.05, 4.69) is 50.3 Å². The second-order valence-corrected chi connectivity index (χ2v) is 16.4. The fourth-order valence-corrected chi connectivity index (χ4v) is 6.12. The van der Waals surface area contributed by atoms with Crippen molar-refractivity contribution in [2.75, 3.05) is 54.1 Å². The first-order valence-corrected chi connectivity index (χ1v) is 22.2. The predicted molar refractivity (Wildman–Crippen MR) is 213 cm³/mol. The summed E-state index contributed by atoms with van der Waals surface area (Å²) in [4.78, 5) is 25.0. The van der Waals surface area contributed by atoms with Gasteiger partial charge in [0.25, 0.3) is 7.82 Å². The van der Waals surface area contributed by atoms with E-state index in [1.165, 1.54) is 89.9 Å². The molecule has 2 atom stereocenters. The number of rotatable bonds is 38. The average Bonchev–Trinajstić information content (AvgIpc) is 3.08. The predicted octanol–water partition coefficient (Wildman–Crippen LogP) is 11.2. The Morgan fingerprint density at radius 3 is 1.65 bits per heavy atom. The van der Waals surface area contributed by atoms with E-state index < -0.39 is 13.9 Å². The van der Waals surface area contributed by atoms with Crippen molar-refractivity contribution < 1.29 is 37.3 Å². The van der Waals surface area contributed by atoms with Crippen LogP contribution in [0.5, 0.6) is 0 Å². The number of likely N-dealkylation sites (N-methyl/N-ethyl adjacent to an activating group) is 1. The van der Waals surface area contributed by atoms with Crippen molar-refractivity contribution in [3.63, 3.8) is 0 Å². The highest BCUT2D eigenvalue weighted by Gasteiger charge is 2.20. The Bertz CT molecular complexity index is 915. The number of phosphoric acid groups is 1. The zero-order valence-electron chi connectivity index (χ0n) is 33.8. The number of quaternary nitrogens is 1. The average molecular weight is 742 g/mol. The number of nitrogens with zero attached hydrogens (tertiary/aromatic N) is 1. The SMILES string of the molecule is CCCCC/C=C\C/C=C\CCCCCCCC(=O)OC(COCCCCCCCC/C=C\CCCCCC)COP(=O)([O-])OCC[N+](C)(C)C. The molecule has 0 amide bonds. The highest BCUT2D eigenvalue weighted by atomic mass is 31.2. The number of esters is 1. The van der Waals surface area contributed by atoms with Gasteiger partial charge >= 0.3 is 5.97 Å². The van der Waals surface area contributed by atoms with Crippen LogP contribution in [0.4, 0.5) is 0 Å². The van der Waals surface area contributed by atoms with Crippen LogP contribution >= 0.6 is 7.82 Å². The molecule has 0 aromatic carbocycles. The number of ether oxygens (including phenoxy) is 2. The largest absolute Gasteiger partial charge is 0.756 e. The van der Waals surface area contributed by atoms with Crippen LogP contribution in [0.1, 0.15) is 168 Å².